The second-order valence-corrected chi connectivity index (χ2v) is 6.83. The summed E-state index contributed by atoms with van der Waals surface area (Å²) in [6.45, 7) is -0.666. The van der Waals surface area contributed by atoms with E-state index < -0.39 is 30.1 Å². The molecule has 0 bridgehead atoms. The highest BCUT2D eigenvalue weighted by atomic mass is 19.4. The predicted octanol–water partition coefficient (Wildman–Crippen LogP) is 1.46. The van der Waals surface area contributed by atoms with Crippen LogP contribution in [-0.4, -0.2) is 51.6 Å². The fourth-order valence-electron chi connectivity index (χ4n) is 2.86. The summed E-state index contributed by atoms with van der Waals surface area (Å²) >= 11 is 0. The highest BCUT2D eigenvalue weighted by Crippen LogP contribution is 2.29. The average Bonchev–Trinajstić information content (AvgIpc) is 3.11. The molecule has 2 heterocycles. The van der Waals surface area contributed by atoms with Crippen LogP contribution in [0.15, 0.2) is 30.6 Å². The summed E-state index contributed by atoms with van der Waals surface area (Å²) in [7, 11) is 3.00. The minimum absolute atomic E-state index is 0.100. The van der Waals surface area contributed by atoms with Gasteiger partial charge in [-0.25, -0.2) is 4.98 Å². The first-order chi connectivity index (χ1) is 15.1. The molecule has 2 aromatic heterocycles. The zero-order chi connectivity index (χ0) is 23.5. The number of ether oxygens (including phenoxy) is 1. The van der Waals surface area contributed by atoms with Crippen molar-refractivity contribution in [2.45, 2.75) is 12.7 Å². The lowest BCUT2D eigenvalue weighted by Crippen LogP contribution is -2.41. The normalized spacial score (nSPS) is 11.5. The van der Waals surface area contributed by atoms with E-state index in [1.165, 1.54) is 25.6 Å². The van der Waals surface area contributed by atoms with Crippen molar-refractivity contribution >= 4 is 34.7 Å². The van der Waals surface area contributed by atoms with E-state index in [9.17, 15) is 22.8 Å². The van der Waals surface area contributed by atoms with Gasteiger partial charge in [-0.15, -0.1) is 0 Å². The fourth-order valence-corrected chi connectivity index (χ4v) is 2.86. The zero-order valence-corrected chi connectivity index (χ0v) is 17.2. The van der Waals surface area contributed by atoms with Gasteiger partial charge in [-0.1, -0.05) is 12.1 Å². The van der Waals surface area contributed by atoms with Crippen molar-refractivity contribution in [1.29, 1.82) is 0 Å². The van der Waals surface area contributed by atoms with Crippen LogP contribution in [-0.2, 0) is 34.1 Å². The molecular formula is C19H20F3N7O3. The van der Waals surface area contributed by atoms with Crippen LogP contribution in [0.25, 0.3) is 11.2 Å². The van der Waals surface area contributed by atoms with Gasteiger partial charge in [0.1, 0.15) is 13.2 Å². The number of anilines is 2. The smallest absolute Gasteiger partial charge is 0.375 e. The molecule has 0 saturated heterocycles. The number of halogens is 3. The van der Waals surface area contributed by atoms with Gasteiger partial charge in [0.25, 0.3) is 5.91 Å². The molecule has 10 nitrogen and oxygen atoms in total. The monoisotopic (exact) mass is 451 g/mol. The Morgan fingerprint density at radius 2 is 1.91 bits per heavy atom. The molecule has 3 rings (SSSR count). The lowest BCUT2D eigenvalue weighted by molar-refractivity contribution is -0.137. The highest BCUT2D eigenvalue weighted by molar-refractivity contribution is 5.98. The number of carbonyl (C=O) groups excluding carboxylic acids is 2. The first kappa shape index (κ1) is 22.9. The molecule has 2 amide bonds. The van der Waals surface area contributed by atoms with Gasteiger partial charge in [0.05, 0.1) is 11.9 Å². The lowest BCUT2D eigenvalue weighted by atomic mass is 10.1. The van der Waals surface area contributed by atoms with Crippen LogP contribution in [0.2, 0.25) is 0 Å². The summed E-state index contributed by atoms with van der Waals surface area (Å²) in [6, 6.07) is 4.65. The maximum Gasteiger partial charge on any atom is 0.416 e. The van der Waals surface area contributed by atoms with Crippen LogP contribution in [0.1, 0.15) is 11.1 Å². The number of nitrogens with two attached hydrogens (primary N) is 1. The van der Waals surface area contributed by atoms with Gasteiger partial charge in [0.2, 0.25) is 11.9 Å². The van der Waals surface area contributed by atoms with E-state index in [0.717, 1.165) is 17.0 Å². The van der Waals surface area contributed by atoms with E-state index in [1.807, 2.05) is 0 Å². The Hall–Kier alpha value is -3.74. The number of hydrogen-bond acceptors (Lipinski definition) is 7. The Balaban J connectivity index is 1.94. The van der Waals surface area contributed by atoms with Crippen LogP contribution >= 0.6 is 0 Å². The number of carbonyl (C=O) groups is 2. The van der Waals surface area contributed by atoms with Gasteiger partial charge in [-0.3, -0.25) is 14.5 Å². The van der Waals surface area contributed by atoms with E-state index in [4.69, 9.17) is 10.5 Å². The molecule has 3 aromatic rings. The zero-order valence-electron chi connectivity index (χ0n) is 17.2. The van der Waals surface area contributed by atoms with E-state index in [0.29, 0.717) is 16.7 Å². The first-order valence-corrected chi connectivity index (χ1v) is 9.27. The Kier molecular flexibility index (Phi) is 6.58. The van der Waals surface area contributed by atoms with Crippen molar-refractivity contribution in [3.63, 3.8) is 0 Å². The number of aryl methyl sites for hydroxylation is 1. The number of hydrogen-bond donors (Lipinski definition) is 2. The van der Waals surface area contributed by atoms with Gasteiger partial charge in [-0.05, 0) is 17.7 Å². The molecule has 0 aliphatic heterocycles. The van der Waals surface area contributed by atoms with Crippen LogP contribution in [0.4, 0.5) is 24.9 Å². The molecule has 0 saturated carbocycles. The molecule has 0 atom stereocenters. The number of rotatable bonds is 8. The van der Waals surface area contributed by atoms with Crippen molar-refractivity contribution in [3.8, 4) is 0 Å². The Morgan fingerprint density at radius 3 is 2.50 bits per heavy atom. The predicted molar refractivity (Wildman–Crippen MR) is 108 cm³/mol. The van der Waals surface area contributed by atoms with Crippen LogP contribution < -0.4 is 16.0 Å². The summed E-state index contributed by atoms with van der Waals surface area (Å²) in [5, 5.41) is 3.00. The van der Waals surface area contributed by atoms with E-state index in [2.05, 4.69) is 20.3 Å². The van der Waals surface area contributed by atoms with Crippen molar-refractivity contribution < 1.29 is 27.5 Å². The lowest BCUT2D eigenvalue weighted by Gasteiger charge is -2.20. The third-order valence-corrected chi connectivity index (χ3v) is 4.41. The maximum absolute atomic E-state index is 12.8. The molecule has 1 aromatic carbocycles. The van der Waals surface area contributed by atoms with Crippen molar-refractivity contribution in [1.82, 2.24) is 19.5 Å². The SMILES string of the molecule is COCC(=O)N(CC(N)=O)c1nc(NCc2ccc(C(F)(F)F)cc2)c2ncn(C)c2n1. The molecule has 3 N–H and O–H groups in total. The summed E-state index contributed by atoms with van der Waals surface area (Å²) in [5.41, 5.74) is 5.81. The summed E-state index contributed by atoms with van der Waals surface area (Å²) in [5.74, 6) is -1.23. The van der Waals surface area contributed by atoms with Gasteiger partial charge >= 0.3 is 6.18 Å². The van der Waals surface area contributed by atoms with E-state index >= 15 is 0 Å². The summed E-state index contributed by atoms with van der Waals surface area (Å²) < 4.78 is 44.7. The summed E-state index contributed by atoms with van der Waals surface area (Å²) in [4.78, 5) is 37.7. The second-order valence-electron chi connectivity index (χ2n) is 6.83. The number of primary amides is 1. The molecule has 0 aliphatic rings. The molecule has 0 fully saturated rings. The van der Waals surface area contributed by atoms with E-state index in [1.54, 1.807) is 11.6 Å². The van der Waals surface area contributed by atoms with Crippen LogP contribution in [0, 0.1) is 0 Å². The van der Waals surface area contributed by atoms with E-state index in [-0.39, 0.29) is 24.9 Å². The number of fused-ring (bicyclic) bond motifs is 1. The molecular weight excluding hydrogens is 431 g/mol. The third kappa shape index (κ3) is 5.11. The number of imidazole rings is 1. The van der Waals surface area contributed by atoms with Gasteiger partial charge in [-0.2, -0.15) is 23.1 Å². The minimum Gasteiger partial charge on any atom is -0.375 e. The number of nitrogens with one attached hydrogen (secondary N) is 1. The maximum atomic E-state index is 12.8. The molecule has 13 heteroatoms. The molecule has 32 heavy (non-hydrogen) atoms. The van der Waals surface area contributed by atoms with Crippen molar-refractivity contribution in [3.05, 3.63) is 41.7 Å². The largest absolute Gasteiger partial charge is 0.416 e. The fraction of sp³-hybridized carbons (Fsp3) is 0.316. The van der Waals surface area contributed by atoms with Crippen molar-refractivity contribution in [2.75, 3.05) is 30.5 Å². The number of methoxy groups -OCH3 is 1. The first-order valence-electron chi connectivity index (χ1n) is 9.27. The summed E-state index contributed by atoms with van der Waals surface area (Å²) in [6.07, 6.45) is -2.94. The second kappa shape index (κ2) is 9.18. The van der Waals surface area contributed by atoms with Crippen molar-refractivity contribution in [2.24, 2.45) is 12.8 Å². The molecule has 0 spiro atoms. The topological polar surface area (TPSA) is 128 Å². The number of alkyl halides is 3. The molecule has 170 valence electrons. The Bertz CT molecular complexity index is 1130. The number of nitrogens with zero attached hydrogens (tertiary/aromatic N) is 5. The average molecular weight is 451 g/mol. The molecule has 0 aliphatic carbocycles. The third-order valence-electron chi connectivity index (χ3n) is 4.41. The van der Waals surface area contributed by atoms with Gasteiger partial charge < -0.3 is 20.4 Å². The molecule has 0 radical (unpaired) electrons. The number of benzene rings is 1. The Morgan fingerprint density at radius 1 is 1.22 bits per heavy atom. The number of aromatic nitrogens is 4. The Labute approximate surface area is 180 Å². The highest BCUT2D eigenvalue weighted by Gasteiger charge is 2.30. The van der Waals surface area contributed by atoms with Crippen LogP contribution in [0.3, 0.4) is 0 Å². The van der Waals surface area contributed by atoms with Gasteiger partial charge in [0.15, 0.2) is 17.0 Å². The number of amides is 2. The standard InChI is InChI=1S/C19H20F3N7O3/c1-28-10-25-15-16(24-7-11-3-5-12(6-4-11)19(20,21)22)26-18(27-17(15)28)29(8-13(23)30)14(31)9-32-2/h3-6,10H,7-9H2,1-2H3,(H2,23,30)(H,24,26,27). The quantitative estimate of drug-likeness (QED) is 0.531. The van der Waals surface area contributed by atoms with Crippen LogP contribution in [0.5, 0.6) is 0 Å². The molecule has 0 unspecified atom stereocenters. The van der Waals surface area contributed by atoms with Gasteiger partial charge in [0, 0.05) is 20.7 Å². The minimum atomic E-state index is -4.42.